The summed E-state index contributed by atoms with van der Waals surface area (Å²) in [6, 6.07) is 8.39. The summed E-state index contributed by atoms with van der Waals surface area (Å²) in [5.41, 5.74) is 2.99. The average molecular weight is 411 g/mol. The van der Waals surface area contributed by atoms with Gasteiger partial charge < -0.3 is 5.32 Å². The van der Waals surface area contributed by atoms with E-state index in [0.29, 0.717) is 33.7 Å². The molecule has 6 nitrogen and oxygen atoms in total. The standard InChI is InChI=1S/C22H26N4O2S/c1-3-26-14-24-21-18(22(26)28)15(2)19(29-21)20(27)23-12-16-7-6-8-17(11-16)13-25-9-4-5-10-25/h6-8,11,14H,3-5,9-10,12-13H2,1-2H3,(H,23,27). The molecule has 1 saturated heterocycles. The maximum Gasteiger partial charge on any atom is 0.262 e. The molecule has 3 heterocycles. The monoisotopic (exact) mass is 410 g/mol. The van der Waals surface area contributed by atoms with E-state index in [1.54, 1.807) is 10.9 Å². The number of carbonyl (C=O) groups is 1. The number of rotatable bonds is 6. The summed E-state index contributed by atoms with van der Waals surface area (Å²) in [6.45, 7) is 8.06. The fraction of sp³-hybridized carbons (Fsp3) is 0.409. The summed E-state index contributed by atoms with van der Waals surface area (Å²) in [4.78, 5) is 33.4. The molecular formula is C22H26N4O2S. The summed E-state index contributed by atoms with van der Waals surface area (Å²) in [7, 11) is 0. The number of thiophene rings is 1. The van der Waals surface area contributed by atoms with E-state index >= 15 is 0 Å². The minimum Gasteiger partial charge on any atom is -0.347 e. The predicted molar refractivity (Wildman–Crippen MR) is 116 cm³/mol. The van der Waals surface area contributed by atoms with Crippen molar-refractivity contribution in [3.8, 4) is 0 Å². The Morgan fingerprint density at radius 2 is 2.00 bits per heavy atom. The van der Waals surface area contributed by atoms with Gasteiger partial charge in [-0.1, -0.05) is 24.3 Å². The van der Waals surface area contributed by atoms with Crippen molar-refractivity contribution in [2.75, 3.05) is 13.1 Å². The van der Waals surface area contributed by atoms with Crippen LogP contribution in [-0.2, 0) is 19.6 Å². The highest BCUT2D eigenvalue weighted by Crippen LogP contribution is 2.26. The second kappa shape index (κ2) is 8.47. The fourth-order valence-electron chi connectivity index (χ4n) is 3.90. The van der Waals surface area contributed by atoms with Gasteiger partial charge in [-0.3, -0.25) is 19.1 Å². The van der Waals surface area contributed by atoms with Crippen molar-refractivity contribution < 1.29 is 4.79 Å². The molecule has 1 aliphatic heterocycles. The van der Waals surface area contributed by atoms with Crippen molar-refractivity contribution in [2.45, 2.75) is 46.3 Å². The minimum atomic E-state index is -0.155. The van der Waals surface area contributed by atoms with Crippen LogP contribution in [0.25, 0.3) is 10.2 Å². The molecule has 0 atom stereocenters. The van der Waals surface area contributed by atoms with Crippen molar-refractivity contribution in [3.05, 3.63) is 62.5 Å². The van der Waals surface area contributed by atoms with Gasteiger partial charge in [0.15, 0.2) is 0 Å². The Morgan fingerprint density at radius 1 is 1.24 bits per heavy atom. The number of hydrogen-bond donors (Lipinski definition) is 1. The van der Waals surface area contributed by atoms with Crippen molar-refractivity contribution in [3.63, 3.8) is 0 Å². The number of hydrogen-bond acceptors (Lipinski definition) is 5. The predicted octanol–water partition coefficient (Wildman–Crippen LogP) is 3.31. The van der Waals surface area contributed by atoms with E-state index < -0.39 is 0 Å². The molecule has 4 rings (SSSR count). The van der Waals surface area contributed by atoms with E-state index in [0.717, 1.165) is 12.1 Å². The molecule has 1 aromatic carbocycles. The van der Waals surface area contributed by atoms with Gasteiger partial charge in [0.25, 0.3) is 11.5 Å². The third-order valence-electron chi connectivity index (χ3n) is 5.51. The lowest BCUT2D eigenvalue weighted by Crippen LogP contribution is -2.23. The molecule has 152 valence electrons. The number of amides is 1. The van der Waals surface area contributed by atoms with Crippen LogP contribution < -0.4 is 10.9 Å². The molecule has 1 N–H and O–H groups in total. The zero-order chi connectivity index (χ0) is 20.4. The van der Waals surface area contributed by atoms with Gasteiger partial charge >= 0.3 is 0 Å². The van der Waals surface area contributed by atoms with Crippen LogP contribution in [0.1, 0.15) is 46.1 Å². The van der Waals surface area contributed by atoms with Crippen LogP contribution in [0.4, 0.5) is 0 Å². The largest absolute Gasteiger partial charge is 0.347 e. The van der Waals surface area contributed by atoms with Crippen LogP contribution in [0.15, 0.2) is 35.4 Å². The second-order valence-corrected chi connectivity index (χ2v) is 8.56. The SMILES string of the molecule is CCn1cnc2sc(C(=O)NCc3cccc(CN4CCCC4)c3)c(C)c2c1=O. The summed E-state index contributed by atoms with van der Waals surface area (Å²) >= 11 is 1.28. The van der Waals surface area contributed by atoms with Crippen LogP contribution in [0, 0.1) is 6.92 Å². The summed E-state index contributed by atoms with van der Waals surface area (Å²) in [6.07, 6.45) is 4.11. The zero-order valence-corrected chi connectivity index (χ0v) is 17.7. The van der Waals surface area contributed by atoms with Crippen LogP contribution >= 0.6 is 11.3 Å². The maximum absolute atomic E-state index is 12.8. The van der Waals surface area contributed by atoms with Crippen LogP contribution in [0.5, 0.6) is 0 Å². The minimum absolute atomic E-state index is 0.0834. The molecule has 3 aromatic rings. The highest BCUT2D eigenvalue weighted by atomic mass is 32.1. The van der Waals surface area contributed by atoms with Gasteiger partial charge in [0.1, 0.15) is 4.83 Å². The molecular weight excluding hydrogens is 384 g/mol. The number of benzene rings is 1. The number of fused-ring (bicyclic) bond motifs is 1. The Morgan fingerprint density at radius 3 is 2.76 bits per heavy atom. The van der Waals surface area contributed by atoms with E-state index in [1.165, 1.54) is 42.8 Å². The molecule has 1 amide bonds. The first-order valence-corrected chi connectivity index (χ1v) is 11.0. The topological polar surface area (TPSA) is 67.2 Å². The van der Waals surface area contributed by atoms with Gasteiger partial charge in [0, 0.05) is 19.6 Å². The molecule has 0 radical (unpaired) electrons. The van der Waals surface area contributed by atoms with E-state index in [1.807, 2.05) is 19.9 Å². The number of aryl methyl sites for hydroxylation is 2. The quantitative estimate of drug-likeness (QED) is 0.677. The highest BCUT2D eigenvalue weighted by molar-refractivity contribution is 7.20. The van der Waals surface area contributed by atoms with Crippen LogP contribution in [-0.4, -0.2) is 33.4 Å². The molecule has 7 heteroatoms. The van der Waals surface area contributed by atoms with Crippen LogP contribution in [0.3, 0.4) is 0 Å². The Labute approximate surface area is 174 Å². The molecule has 0 bridgehead atoms. The van der Waals surface area contributed by atoms with Gasteiger partial charge in [-0.05, 0) is 56.5 Å². The van der Waals surface area contributed by atoms with Crippen LogP contribution in [0.2, 0.25) is 0 Å². The zero-order valence-electron chi connectivity index (χ0n) is 16.9. The lowest BCUT2D eigenvalue weighted by Gasteiger charge is -2.15. The number of nitrogens with zero attached hydrogens (tertiary/aromatic N) is 3. The Bertz CT molecular complexity index is 1100. The van der Waals surface area contributed by atoms with Crippen molar-refractivity contribution >= 4 is 27.5 Å². The fourth-order valence-corrected chi connectivity index (χ4v) is 4.96. The number of likely N-dealkylation sites (tertiary alicyclic amines) is 1. The van der Waals surface area contributed by atoms with E-state index in [9.17, 15) is 9.59 Å². The first-order chi connectivity index (χ1) is 14.1. The number of nitrogens with one attached hydrogen (secondary N) is 1. The Balaban J connectivity index is 1.48. The van der Waals surface area contributed by atoms with Gasteiger partial charge in [0.2, 0.25) is 0 Å². The van der Waals surface area contributed by atoms with E-state index in [-0.39, 0.29) is 11.5 Å². The first-order valence-electron chi connectivity index (χ1n) is 10.1. The molecule has 0 unspecified atom stereocenters. The number of carbonyl (C=O) groups excluding carboxylic acids is 1. The van der Waals surface area contributed by atoms with E-state index in [2.05, 4.69) is 33.4 Å². The third kappa shape index (κ3) is 4.11. The summed E-state index contributed by atoms with van der Waals surface area (Å²) in [5.74, 6) is -0.155. The van der Waals surface area contributed by atoms with Gasteiger partial charge in [-0.15, -0.1) is 11.3 Å². The third-order valence-corrected chi connectivity index (χ3v) is 6.71. The molecule has 1 aliphatic rings. The Kier molecular flexibility index (Phi) is 5.78. The molecule has 29 heavy (non-hydrogen) atoms. The lowest BCUT2D eigenvalue weighted by atomic mass is 10.1. The maximum atomic E-state index is 12.8. The summed E-state index contributed by atoms with van der Waals surface area (Å²) < 4.78 is 1.57. The second-order valence-electron chi connectivity index (χ2n) is 7.56. The van der Waals surface area contributed by atoms with Crippen molar-refractivity contribution in [1.82, 2.24) is 19.8 Å². The highest BCUT2D eigenvalue weighted by Gasteiger charge is 2.19. The van der Waals surface area contributed by atoms with Crippen molar-refractivity contribution in [2.24, 2.45) is 0 Å². The van der Waals surface area contributed by atoms with Crippen molar-refractivity contribution in [1.29, 1.82) is 0 Å². The van der Waals surface area contributed by atoms with Gasteiger partial charge in [0.05, 0.1) is 16.6 Å². The molecule has 0 saturated carbocycles. The average Bonchev–Trinajstić information content (AvgIpc) is 3.35. The number of aromatic nitrogens is 2. The Hall–Kier alpha value is -2.51. The van der Waals surface area contributed by atoms with E-state index in [4.69, 9.17) is 0 Å². The summed E-state index contributed by atoms with van der Waals surface area (Å²) in [5, 5.41) is 3.56. The smallest absolute Gasteiger partial charge is 0.262 e. The molecule has 1 fully saturated rings. The molecule has 0 aliphatic carbocycles. The van der Waals surface area contributed by atoms with Gasteiger partial charge in [-0.2, -0.15) is 0 Å². The normalized spacial score (nSPS) is 14.6. The molecule has 2 aromatic heterocycles. The van der Waals surface area contributed by atoms with Gasteiger partial charge in [-0.25, -0.2) is 4.98 Å². The molecule has 0 spiro atoms. The lowest BCUT2D eigenvalue weighted by molar-refractivity contribution is 0.0954. The first kappa shape index (κ1) is 19.8.